The van der Waals surface area contributed by atoms with Crippen LogP contribution in [-0.4, -0.2) is 83.0 Å². The zero-order valence-electron chi connectivity index (χ0n) is 28.7. The van der Waals surface area contributed by atoms with Crippen molar-refractivity contribution >= 4 is 29.5 Å². The Labute approximate surface area is 286 Å². The highest BCUT2D eigenvalue weighted by atomic mass is 32.2. The minimum Gasteiger partial charge on any atom is -0.508 e. The van der Waals surface area contributed by atoms with Gasteiger partial charge in [0.25, 0.3) is 11.8 Å². The summed E-state index contributed by atoms with van der Waals surface area (Å²) in [5.41, 5.74) is 4.21. The Balaban J connectivity index is 1.66. The van der Waals surface area contributed by atoms with E-state index in [4.69, 9.17) is 14.2 Å². The van der Waals surface area contributed by atoms with E-state index in [1.807, 2.05) is 45.9 Å². The Morgan fingerprint density at radius 2 is 1.58 bits per heavy atom. The van der Waals surface area contributed by atoms with Crippen LogP contribution in [0.5, 0.6) is 23.0 Å². The largest absolute Gasteiger partial charge is 0.508 e. The van der Waals surface area contributed by atoms with Crippen LogP contribution in [0.15, 0.2) is 48.5 Å². The molecule has 1 aliphatic rings. The number of aromatic hydroxyl groups is 1. The molecule has 4 N–H and O–H groups in total. The second-order valence-corrected chi connectivity index (χ2v) is 14.0. The fourth-order valence-corrected chi connectivity index (χ4v) is 7.16. The van der Waals surface area contributed by atoms with Crippen molar-refractivity contribution in [3.8, 4) is 23.0 Å². The molecule has 3 aromatic carbocycles. The molecule has 3 amide bonds. The molecule has 258 valence electrons. The van der Waals surface area contributed by atoms with Crippen LogP contribution in [0.1, 0.15) is 52.0 Å². The first-order valence-electron chi connectivity index (χ1n) is 15.6. The van der Waals surface area contributed by atoms with Gasteiger partial charge in [0.15, 0.2) is 17.6 Å². The molecule has 0 radical (unpaired) electrons. The standard InChI is InChI=1S/C36H45N3O8S/c1-20-11-9-12-21(2)25(20)18-37-34(43)32-36(4,5)48-19-39(32)35(44)30(41)26(38-33(42)24-13-10-14-27(40)22(24)3)15-23-16-28(45-6)31(47-8)29(17-23)46-7/h9-14,16-17,26,30,32,40-41H,15,18-19H2,1-8H3,(H,37,43)(H,38,42)/t26-,30-,32+/m0/s1. The van der Waals surface area contributed by atoms with Crippen molar-refractivity contribution in [2.24, 2.45) is 0 Å². The number of phenols is 1. The number of aryl methyl sites for hydroxylation is 2. The number of amides is 3. The first-order valence-corrected chi connectivity index (χ1v) is 16.6. The lowest BCUT2D eigenvalue weighted by Crippen LogP contribution is -2.58. The predicted octanol–water partition coefficient (Wildman–Crippen LogP) is 4.04. The number of ether oxygens (including phenoxy) is 3. The number of carbonyl (C=O) groups is 3. The molecule has 3 aromatic rings. The SMILES string of the molecule is COc1cc(C[C@H](NC(=O)c2cccc(O)c2C)[C@H](O)C(=O)N2CSC(C)(C)[C@H]2C(=O)NCc2c(C)cccc2C)cc(OC)c1OC. The number of nitrogens with zero attached hydrogens (tertiary/aromatic N) is 1. The molecule has 0 saturated carbocycles. The van der Waals surface area contributed by atoms with Crippen LogP contribution in [0.2, 0.25) is 0 Å². The third-order valence-corrected chi connectivity index (χ3v) is 10.2. The minimum atomic E-state index is -1.74. The predicted molar refractivity (Wildman–Crippen MR) is 185 cm³/mol. The van der Waals surface area contributed by atoms with Gasteiger partial charge in [0.1, 0.15) is 11.8 Å². The highest BCUT2D eigenvalue weighted by Gasteiger charge is 2.49. The van der Waals surface area contributed by atoms with E-state index in [-0.39, 0.29) is 29.5 Å². The lowest BCUT2D eigenvalue weighted by molar-refractivity contribution is -0.147. The lowest BCUT2D eigenvalue weighted by atomic mass is 9.96. The number of carbonyl (C=O) groups excluding carboxylic acids is 3. The molecule has 4 rings (SSSR count). The quantitative estimate of drug-likeness (QED) is 0.223. The van der Waals surface area contributed by atoms with Crippen molar-refractivity contribution in [1.82, 2.24) is 15.5 Å². The number of hydrogen-bond donors (Lipinski definition) is 4. The number of rotatable bonds is 12. The highest BCUT2D eigenvalue weighted by molar-refractivity contribution is 8.00. The van der Waals surface area contributed by atoms with Gasteiger partial charge in [-0.3, -0.25) is 14.4 Å². The van der Waals surface area contributed by atoms with E-state index in [2.05, 4.69) is 10.6 Å². The van der Waals surface area contributed by atoms with Crippen LogP contribution >= 0.6 is 11.8 Å². The van der Waals surface area contributed by atoms with Crippen LogP contribution < -0.4 is 24.8 Å². The van der Waals surface area contributed by atoms with Gasteiger partial charge in [0, 0.05) is 22.4 Å². The number of hydrogen-bond acceptors (Lipinski definition) is 9. The summed E-state index contributed by atoms with van der Waals surface area (Å²) < 4.78 is 15.8. The number of benzene rings is 3. The Kier molecular flexibility index (Phi) is 11.5. The number of aliphatic hydroxyl groups excluding tert-OH is 1. The zero-order valence-corrected chi connectivity index (χ0v) is 29.5. The highest BCUT2D eigenvalue weighted by Crippen LogP contribution is 2.41. The first kappa shape index (κ1) is 36.4. The molecule has 48 heavy (non-hydrogen) atoms. The number of methoxy groups -OCH3 is 3. The third-order valence-electron chi connectivity index (χ3n) is 8.84. The summed E-state index contributed by atoms with van der Waals surface area (Å²) in [7, 11) is 4.43. The molecule has 12 heteroatoms. The van der Waals surface area contributed by atoms with Crippen molar-refractivity contribution in [3.63, 3.8) is 0 Å². The van der Waals surface area contributed by atoms with Gasteiger partial charge in [-0.15, -0.1) is 11.8 Å². The fourth-order valence-electron chi connectivity index (χ4n) is 6.02. The smallest absolute Gasteiger partial charge is 0.254 e. The topological polar surface area (TPSA) is 147 Å². The minimum absolute atomic E-state index is 0.0129. The lowest BCUT2D eigenvalue weighted by Gasteiger charge is -2.33. The van der Waals surface area contributed by atoms with Gasteiger partial charge >= 0.3 is 0 Å². The summed E-state index contributed by atoms with van der Waals surface area (Å²) in [5, 5.41) is 27.8. The molecule has 1 heterocycles. The molecule has 0 aliphatic carbocycles. The number of phenolic OH excluding ortho intramolecular Hbond substituents is 1. The van der Waals surface area contributed by atoms with E-state index < -0.39 is 34.7 Å². The van der Waals surface area contributed by atoms with E-state index in [1.165, 1.54) is 50.1 Å². The summed E-state index contributed by atoms with van der Waals surface area (Å²) >= 11 is 1.43. The van der Waals surface area contributed by atoms with E-state index in [9.17, 15) is 24.6 Å². The molecule has 3 atom stereocenters. The van der Waals surface area contributed by atoms with Crippen molar-refractivity contribution in [2.45, 2.75) is 70.5 Å². The van der Waals surface area contributed by atoms with Crippen molar-refractivity contribution in [1.29, 1.82) is 0 Å². The molecule has 0 aromatic heterocycles. The van der Waals surface area contributed by atoms with Gasteiger partial charge in [0.2, 0.25) is 11.7 Å². The van der Waals surface area contributed by atoms with E-state index in [1.54, 1.807) is 25.1 Å². The molecule has 0 bridgehead atoms. The molecule has 0 spiro atoms. The van der Waals surface area contributed by atoms with Crippen molar-refractivity contribution in [2.75, 3.05) is 27.2 Å². The van der Waals surface area contributed by atoms with Crippen LogP contribution in [0.25, 0.3) is 0 Å². The van der Waals surface area contributed by atoms with E-state index in [0.29, 0.717) is 34.9 Å². The van der Waals surface area contributed by atoms with Gasteiger partial charge in [-0.05, 0) is 87.6 Å². The van der Waals surface area contributed by atoms with E-state index >= 15 is 0 Å². The van der Waals surface area contributed by atoms with Crippen LogP contribution in [0, 0.1) is 20.8 Å². The number of aliphatic hydroxyl groups is 1. The first-order chi connectivity index (χ1) is 22.7. The van der Waals surface area contributed by atoms with Crippen molar-refractivity contribution in [3.05, 3.63) is 81.9 Å². The Morgan fingerprint density at radius 1 is 0.979 bits per heavy atom. The zero-order chi connectivity index (χ0) is 35.3. The molecule has 1 fully saturated rings. The summed E-state index contributed by atoms with van der Waals surface area (Å²) in [6.45, 7) is 9.64. The Hall–Kier alpha value is -4.42. The normalized spacial score (nSPS) is 16.5. The van der Waals surface area contributed by atoms with Gasteiger partial charge in [-0.1, -0.05) is 24.3 Å². The molecule has 0 unspecified atom stereocenters. The maximum absolute atomic E-state index is 14.2. The molecule has 1 aliphatic heterocycles. The Morgan fingerprint density at radius 3 is 2.17 bits per heavy atom. The van der Waals surface area contributed by atoms with Crippen LogP contribution in [0.3, 0.4) is 0 Å². The summed E-state index contributed by atoms with van der Waals surface area (Å²) in [5.74, 6) is -0.444. The monoisotopic (exact) mass is 679 g/mol. The Bertz CT molecular complexity index is 1630. The average molecular weight is 680 g/mol. The molecule has 1 saturated heterocycles. The van der Waals surface area contributed by atoms with Gasteiger partial charge in [0.05, 0.1) is 33.2 Å². The third kappa shape index (κ3) is 7.65. The summed E-state index contributed by atoms with van der Waals surface area (Å²) in [4.78, 5) is 42.9. The maximum atomic E-state index is 14.2. The number of nitrogens with one attached hydrogen (secondary N) is 2. The van der Waals surface area contributed by atoms with Crippen molar-refractivity contribution < 1.29 is 38.8 Å². The van der Waals surface area contributed by atoms with Crippen LogP contribution in [0.4, 0.5) is 0 Å². The van der Waals surface area contributed by atoms with Gasteiger partial charge in [-0.2, -0.15) is 0 Å². The molecular weight excluding hydrogens is 634 g/mol. The summed E-state index contributed by atoms with van der Waals surface area (Å²) in [6, 6.07) is 11.8. The summed E-state index contributed by atoms with van der Waals surface area (Å²) in [6.07, 6.45) is -1.75. The fraction of sp³-hybridized carbons (Fsp3) is 0.417. The second kappa shape index (κ2) is 15.2. The number of thioether (sulfide) groups is 1. The molecular formula is C36H45N3O8S. The second-order valence-electron chi connectivity index (χ2n) is 12.4. The van der Waals surface area contributed by atoms with E-state index in [0.717, 1.165) is 16.7 Å². The van der Waals surface area contributed by atoms with Gasteiger partial charge in [-0.25, -0.2) is 0 Å². The molecule has 11 nitrogen and oxygen atoms in total. The maximum Gasteiger partial charge on any atom is 0.254 e. The van der Waals surface area contributed by atoms with Gasteiger partial charge < -0.3 is 40.0 Å². The van der Waals surface area contributed by atoms with Crippen LogP contribution in [-0.2, 0) is 22.6 Å². The average Bonchev–Trinajstić information content (AvgIpc) is 3.38.